The molecular formula is C14H8Cl3F3. The summed E-state index contributed by atoms with van der Waals surface area (Å²) in [5.74, 6) is -0.270. The number of alkyl halides is 4. The zero-order valence-corrected chi connectivity index (χ0v) is 12.2. The Kier molecular flexibility index (Phi) is 4.52. The van der Waals surface area contributed by atoms with Crippen LogP contribution in [0.15, 0.2) is 36.4 Å². The van der Waals surface area contributed by atoms with Gasteiger partial charge in [-0.15, -0.1) is 11.6 Å². The van der Waals surface area contributed by atoms with Crippen molar-refractivity contribution in [3.05, 3.63) is 57.6 Å². The molecule has 0 aliphatic rings. The minimum atomic E-state index is -4.47. The minimum absolute atomic E-state index is 0.00849. The third kappa shape index (κ3) is 2.90. The molecule has 2 aromatic carbocycles. The van der Waals surface area contributed by atoms with Crippen LogP contribution in [0.2, 0.25) is 10.0 Å². The van der Waals surface area contributed by atoms with Crippen molar-refractivity contribution in [2.24, 2.45) is 0 Å². The lowest BCUT2D eigenvalue weighted by Gasteiger charge is -2.16. The molecule has 0 saturated heterocycles. The summed E-state index contributed by atoms with van der Waals surface area (Å²) in [4.78, 5) is 0. The van der Waals surface area contributed by atoms with Gasteiger partial charge in [0, 0.05) is 11.4 Å². The first-order valence-corrected chi connectivity index (χ1v) is 6.84. The van der Waals surface area contributed by atoms with Crippen molar-refractivity contribution in [1.29, 1.82) is 0 Å². The fraction of sp³-hybridized carbons (Fsp3) is 0.143. The van der Waals surface area contributed by atoms with Crippen LogP contribution in [0.25, 0.3) is 11.1 Å². The van der Waals surface area contributed by atoms with Gasteiger partial charge in [0.1, 0.15) is 0 Å². The predicted octanol–water partition coefficient (Wildman–Crippen LogP) is 6.42. The maximum Gasteiger partial charge on any atom is 0.416 e. The number of hydrogen-bond acceptors (Lipinski definition) is 0. The molecule has 0 nitrogen and oxygen atoms in total. The number of halogens is 6. The van der Waals surface area contributed by atoms with Crippen molar-refractivity contribution < 1.29 is 13.2 Å². The van der Waals surface area contributed by atoms with Gasteiger partial charge in [0.25, 0.3) is 0 Å². The molecule has 0 heterocycles. The molecule has 106 valence electrons. The second-order valence-electron chi connectivity index (χ2n) is 4.06. The van der Waals surface area contributed by atoms with Crippen LogP contribution in [0.3, 0.4) is 0 Å². The molecule has 0 atom stereocenters. The molecule has 2 aromatic rings. The van der Waals surface area contributed by atoms with Gasteiger partial charge in [-0.3, -0.25) is 0 Å². The minimum Gasteiger partial charge on any atom is -0.166 e. The maximum atomic E-state index is 13.0. The molecule has 0 aliphatic carbocycles. The van der Waals surface area contributed by atoms with E-state index in [1.165, 1.54) is 6.07 Å². The lowest BCUT2D eigenvalue weighted by atomic mass is 9.96. The molecule has 20 heavy (non-hydrogen) atoms. The number of benzene rings is 2. The quantitative estimate of drug-likeness (QED) is 0.554. The highest BCUT2D eigenvalue weighted by molar-refractivity contribution is 6.43. The molecule has 0 spiro atoms. The van der Waals surface area contributed by atoms with E-state index in [0.717, 1.165) is 6.07 Å². The van der Waals surface area contributed by atoms with Crippen LogP contribution in [0.4, 0.5) is 13.2 Å². The predicted molar refractivity (Wildman–Crippen MR) is 76.5 cm³/mol. The molecule has 0 unspecified atom stereocenters. The van der Waals surface area contributed by atoms with E-state index in [-0.39, 0.29) is 21.5 Å². The van der Waals surface area contributed by atoms with Gasteiger partial charge in [-0.2, -0.15) is 13.2 Å². The zero-order valence-electron chi connectivity index (χ0n) is 9.94. The summed E-state index contributed by atoms with van der Waals surface area (Å²) in [6, 6.07) is 8.68. The Balaban J connectivity index is 2.72. The van der Waals surface area contributed by atoms with Crippen LogP contribution in [-0.4, -0.2) is 0 Å². The highest BCUT2D eigenvalue weighted by Gasteiger charge is 2.34. The van der Waals surface area contributed by atoms with Gasteiger partial charge in [-0.25, -0.2) is 0 Å². The molecular weight excluding hydrogens is 332 g/mol. The summed E-state index contributed by atoms with van der Waals surface area (Å²) < 4.78 is 39.0. The van der Waals surface area contributed by atoms with Crippen molar-refractivity contribution in [3.8, 4) is 11.1 Å². The van der Waals surface area contributed by atoms with E-state index >= 15 is 0 Å². The SMILES string of the molecule is FC(F)(F)c1cccc(-c2cccc(Cl)c2Cl)c1CCl. The summed E-state index contributed by atoms with van der Waals surface area (Å²) in [6.07, 6.45) is -4.47. The third-order valence-corrected chi connectivity index (χ3v) is 3.94. The summed E-state index contributed by atoms with van der Waals surface area (Å²) >= 11 is 17.7. The molecule has 0 saturated carbocycles. The number of rotatable bonds is 2. The molecule has 0 fully saturated rings. The fourth-order valence-corrected chi connectivity index (χ4v) is 2.65. The fourth-order valence-electron chi connectivity index (χ4n) is 1.96. The van der Waals surface area contributed by atoms with E-state index in [4.69, 9.17) is 34.8 Å². The van der Waals surface area contributed by atoms with Crippen molar-refractivity contribution in [2.75, 3.05) is 0 Å². The van der Waals surface area contributed by atoms with Crippen LogP contribution < -0.4 is 0 Å². The van der Waals surface area contributed by atoms with E-state index in [1.54, 1.807) is 24.3 Å². The van der Waals surface area contributed by atoms with Crippen molar-refractivity contribution in [2.45, 2.75) is 12.1 Å². The highest BCUT2D eigenvalue weighted by Crippen LogP contribution is 2.40. The van der Waals surface area contributed by atoms with E-state index in [1.807, 2.05) is 0 Å². The van der Waals surface area contributed by atoms with Crippen LogP contribution >= 0.6 is 34.8 Å². The largest absolute Gasteiger partial charge is 0.416 e. The molecule has 6 heteroatoms. The Morgan fingerprint density at radius 2 is 1.50 bits per heavy atom. The smallest absolute Gasteiger partial charge is 0.166 e. The Morgan fingerprint density at radius 1 is 0.900 bits per heavy atom. The van der Waals surface area contributed by atoms with Gasteiger partial charge in [-0.1, -0.05) is 47.5 Å². The first-order valence-electron chi connectivity index (χ1n) is 5.55. The summed E-state index contributed by atoms with van der Waals surface area (Å²) in [5, 5.41) is 0.488. The average molecular weight is 340 g/mol. The molecule has 0 N–H and O–H groups in total. The summed E-state index contributed by atoms with van der Waals surface area (Å²) in [7, 11) is 0. The molecule has 0 amide bonds. The topological polar surface area (TPSA) is 0 Å². The van der Waals surface area contributed by atoms with Gasteiger partial charge < -0.3 is 0 Å². The normalized spacial score (nSPS) is 11.7. The molecule has 0 aliphatic heterocycles. The van der Waals surface area contributed by atoms with Gasteiger partial charge in [0.15, 0.2) is 0 Å². The summed E-state index contributed by atoms with van der Waals surface area (Å²) in [5.41, 5.74) is -0.00452. The van der Waals surface area contributed by atoms with Crippen molar-refractivity contribution in [1.82, 2.24) is 0 Å². The average Bonchev–Trinajstić information content (AvgIpc) is 2.40. The van der Waals surface area contributed by atoms with Gasteiger partial charge in [-0.05, 0) is 23.3 Å². The third-order valence-electron chi connectivity index (χ3n) is 2.86. The summed E-state index contributed by atoms with van der Waals surface area (Å²) in [6.45, 7) is 0. The monoisotopic (exact) mass is 338 g/mol. The number of hydrogen-bond donors (Lipinski definition) is 0. The first kappa shape index (κ1) is 15.5. The first-order chi connectivity index (χ1) is 9.36. The van der Waals surface area contributed by atoms with Gasteiger partial charge in [0.2, 0.25) is 0 Å². The van der Waals surface area contributed by atoms with E-state index < -0.39 is 11.7 Å². The Bertz CT molecular complexity index is 636. The van der Waals surface area contributed by atoms with Gasteiger partial charge in [0.05, 0.1) is 15.6 Å². The van der Waals surface area contributed by atoms with Crippen molar-refractivity contribution in [3.63, 3.8) is 0 Å². The maximum absolute atomic E-state index is 13.0. The van der Waals surface area contributed by atoms with Gasteiger partial charge >= 0.3 is 6.18 Å². The Labute approximate surface area is 129 Å². The Morgan fingerprint density at radius 3 is 2.10 bits per heavy atom. The molecule has 0 bridgehead atoms. The molecule has 0 aromatic heterocycles. The van der Waals surface area contributed by atoms with E-state index in [0.29, 0.717) is 11.1 Å². The second kappa shape index (κ2) is 5.84. The highest BCUT2D eigenvalue weighted by atomic mass is 35.5. The van der Waals surface area contributed by atoms with Crippen molar-refractivity contribution >= 4 is 34.8 Å². The van der Waals surface area contributed by atoms with E-state index in [2.05, 4.69) is 0 Å². The zero-order chi connectivity index (χ0) is 14.9. The lowest BCUT2D eigenvalue weighted by molar-refractivity contribution is -0.138. The van der Waals surface area contributed by atoms with Crippen LogP contribution in [0, 0.1) is 0 Å². The molecule has 2 rings (SSSR count). The standard InChI is InChI=1S/C14H8Cl3F3/c15-7-10-8(3-1-5-11(10)14(18,19)20)9-4-2-6-12(16)13(9)17/h1-6H,7H2. The Hall–Kier alpha value is -0.900. The van der Waals surface area contributed by atoms with Crippen LogP contribution in [0.1, 0.15) is 11.1 Å². The van der Waals surface area contributed by atoms with E-state index in [9.17, 15) is 13.2 Å². The van der Waals surface area contributed by atoms with Crippen LogP contribution in [-0.2, 0) is 12.1 Å². The second-order valence-corrected chi connectivity index (χ2v) is 5.12. The molecule has 0 radical (unpaired) electrons. The lowest BCUT2D eigenvalue weighted by Crippen LogP contribution is -2.09. The van der Waals surface area contributed by atoms with Crippen LogP contribution in [0.5, 0.6) is 0 Å².